The highest BCUT2D eigenvalue weighted by Crippen LogP contribution is 2.49. The van der Waals surface area contributed by atoms with Crippen LogP contribution in [0.5, 0.6) is 0 Å². The lowest BCUT2D eigenvalue weighted by atomic mass is 9.88. The van der Waals surface area contributed by atoms with Crippen LogP contribution in [-0.2, 0) is 19.0 Å². The Hall–Kier alpha value is -0.870. The van der Waals surface area contributed by atoms with Crippen molar-refractivity contribution in [3.63, 3.8) is 0 Å². The van der Waals surface area contributed by atoms with Gasteiger partial charge >= 0.3 is 5.97 Å². The van der Waals surface area contributed by atoms with E-state index in [9.17, 15) is 4.79 Å². The summed E-state index contributed by atoms with van der Waals surface area (Å²) >= 11 is 0. The van der Waals surface area contributed by atoms with E-state index in [4.69, 9.17) is 14.2 Å². The molecule has 3 rings (SSSR count). The van der Waals surface area contributed by atoms with Crippen LogP contribution in [0.15, 0.2) is 11.6 Å². The van der Waals surface area contributed by atoms with Gasteiger partial charge in [0.25, 0.3) is 0 Å². The first kappa shape index (κ1) is 11.2. The third-order valence-electron chi connectivity index (χ3n) is 4.16. The predicted molar refractivity (Wildman–Crippen MR) is 60.1 cm³/mol. The summed E-state index contributed by atoms with van der Waals surface area (Å²) in [4.78, 5) is 11.6. The quantitative estimate of drug-likeness (QED) is 0.552. The zero-order valence-electron chi connectivity index (χ0n) is 10.1. The molecule has 0 N–H and O–H groups in total. The average molecular weight is 238 g/mol. The first-order valence-electron chi connectivity index (χ1n) is 6.29. The molecule has 2 fully saturated rings. The van der Waals surface area contributed by atoms with Gasteiger partial charge in [0.15, 0.2) is 6.29 Å². The van der Waals surface area contributed by atoms with Crippen LogP contribution in [0, 0.1) is 17.8 Å². The van der Waals surface area contributed by atoms with Gasteiger partial charge in [0.05, 0.1) is 26.2 Å². The van der Waals surface area contributed by atoms with E-state index in [-0.39, 0.29) is 18.2 Å². The maximum absolute atomic E-state index is 11.6. The maximum Gasteiger partial charge on any atom is 0.309 e. The molecule has 1 saturated heterocycles. The number of ether oxygens (including phenoxy) is 3. The SMILES string of the molecule is COC(=O)[C@@H]1C[C@H]2C[C@@H]1C=C2CC1OCCO1. The Morgan fingerprint density at radius 2 is 2.18 bits per heavy atom. The fourth-order valence-corrected chi connectivity index (χ4v) is 3.34. The lowest BCUT2D eigenvalue weighted by Crippen LogP contribution is -2.22. The number of rotatable bonds is 3. The lowest BCUT2D eigenvalue weighted by Gasteiger charge is -2.20. The molecule has 2 aliphatic carbocycles. The molecule has 0 aromatic carbocycles. The average Bonchev–Trinajstić information content (AvgIpc) is 3.03. The van der Waals surface area contributed by atoms with Gasteiger partial charge in [0, 0.05) is 6.42 Å². The van der Waals surface area contributed by atoms with Crippen LogP contribution in [0.25, 0.3) is 0 Å². The van der Waals surface area contributed by atoms with Crippen LogP contribution in [0.3, 0.4) is 0 Å². The highest BCUT2D eigenvalue weighted by atomic mass is 16.7. The zero-order chi connectivity index (χ0) is 11.8. The van der Waals surface area contributed by atoms with Crippen molar-refractivity contribution in [2.24, 2.45) is 17.8 Å². The molecule has 0 aromatic heterocycles. The molecule has 0 amide bonds. The van der Waals surface area contributed by atoms with Crippen molar-refractivity contribution in [2.75, 3.05) is 20.3 Å². The van der Waals surface area contributed by atoms with Crippen molar-refractivity contribution in [3.05, 3.63) is 11.6 Å². The molecule has 4 heteroatoms. The number of allylic oxidation sites excluding steroid dienone is 1. The van der Waals surface area contributed by atoms with Crippen LogP contribution in [0.2, 0.25) is 0 Å². The molecule has 94 valence electrons. The highest BCUT2D eigenvalue weighted by molar-refractivity contribution is 5.74. The van der Waals surface area contributed by atoms with E-state index >= 15 is 0 Å². The van der Waals surface area contributed by atoms with Gasteiger partial charge < -0.3 is 14.2 Å². The normalized spacial score (nSPS) is 36.3. The van der Waals surface area contributed by atoms with E-state index in [2.05, 4.69) is 6.08 Å². The Morgan fingerprint density at radius 1 is 1.41 bits per heavy atom. The first-order chi connectivity index (χ1) is 8.28. The van der Waals surface area contributed by atoms with E-state index in [1.54, 1.807) is 0 Å². The second-order valence-corrected chi connectivity index (χ2v) is 5.08. The fourth-order valence-electron chi connectivity index (χ4n) is 3.34. The number of hydrogen-bond acceptors (Lipinski definition) is 4. The second-order valence-electron chi connectivity index (χ2n) is 5.08. The zero-order valence-corrected chi connectivity index (χ0v) is 10.1. The predicted octanol–water partition coefficient (Wildman–Crippen LogP) is 1.50. The van der Waals surface area contributed by atoms with Crippen molar-refractivity contribution >= 4 is 5.97 Å². The summed E-state index contributed by atoms with van der Waals surface area (Å²) in [6.45, 7) is 1.41. The van der Waals surface area contributed by atoms with Crippen molar-refractivity contribution < 1.29 is 19.0 Å². The van der Waals surface area contributed by atoms with Crippen molar-refractivity contribution in [1.82, 2.24) is 0 Å². The fraction of sp³-hybridized carbons (Fsp3) is 0.769. The van der Waals surface area contributed by atoms with E-state index in [0.29, 0.717) is 25.0 Å². The smallest absolute Gasteiger partial charge is 0.309 e. The molecular weight excluding hydrogens is 220 g/mol. The van der Waals surface area contributed by atoms with Crippen LogP contribution >= 0.6 is 0 Å². The van der Waals surface area contributed by atoms with Crippen molar-refractivity contribution in [1.29, 1.82) is 0 Å². The van der Waals surface area contributed by atoms with E-state index in [1.165, 1.54) is 12.7 Å². The number of carbonyl (C=O) groups is 1. The van der Waals surface area contributed by atoms with E-state index < -0.39 is 0 Å². The van der Waals surface area contributed by atoms with Gasteiger partial charge in [-0.25, -0.2) is 0 Å². The summed E-state index contributed by atoms with van der Waals surface area (Å²) in [7, 11) is 1.47. The molecule has 1 saturated carbocycles. The molecule has 3 atom stereocenters. The molecule has 17 heavy (non-hydrogen) atoms. The monoisotopic (exact) mass is 238 g/mol. The van der Waals surface area contributed by atoms with Crippen LogP contribution in [0.4, 0.5) is 0 Å². The van der Waals surface area contributed by atoms with E-state index in [1.807, 2.05) is 0 Å². The summed E-state index contributed by atoms with van der Waals surface area (Å²) < 4.78 is 15.8. The van der Waals surface area contributed by atoms with Gasteiger partial charge in [0.1, 0.15) is 0 Å². The Balaban J connectivity index is 1.63. The molecule has 1 heterocycles. The van der Waals surface area contributed by atoms with Gasteiger partial charge in [0.2, 0.25) is 0 Å². The summed E-state index contributed by atoms with van der Waals surface area (Å²) in [6, 6.07) is 0. The Kier molecular flexibility index (Phi) is 2.92. The maximum atomic E-state index is 11.6. The van der Waals surface area contributed by atoms with Gasteiger partial charge in [-0.2, -0.15) is 0 Å². The largest absolute Gasteiger partial charge is 0.469 e. The van der Waals surface area contributed by atoms with Gasteiger partial charge in [-0.05, 0) is 24.7 Å². The third-order valence-corrected chi connectivity index (χ3v) is 4.16. The van der Waals surface area contributed by atoms with E-state index in [0.717, 1.165) is 19.3 Å². The van der Waals surface area contributed by atoms with Gasteiger partial charge in [-0.3, -0.25) is 4.79 Å². The number of hydrogen-bond donors (Lipinski definition) is 0. The molecule has 0 spiro atoms. The second kappa shape index (κ2) is 4.42. The summed E-state index contributed by atoms with van der Waals surface area (Å²) in [5.74, 6) is 0.945. The molecule has 0 radical (unpaired) electrons. The van der Waals surface area contributed by atoms with Crippen LogP contribution in [-0.4, -0.2) is 32.6 Å². The molecule has 4 nitrogen and oxygen atoms in total. The first-order valence-corrected chi connectivity index (χ1v) is 6.29. The minimum atomic E-state index is -0.0582. The van der Waals surface area contributed by atoms with Crippen molar-refractivity contribution in [3.8, 4) is 0 Å². The Morgan fingerprint density at radius 3 is 2.76 bits per heavy atom. The summed E-state index contributed by atoms with van der Waals surface area (Å²) in [5, 5.41) is 0. The summed E-state index contributed by atoms with van der Waals surface area (Å²) in [6.07, 6.45) is 5.10. The Bertz CT molecular complexity index is 343. The standard InChI is InChI=1S/C13H18O4/c1-15-13(14)11-6-8-4-10(11)5-9(8)7-12-16-2-3-17-12/h5,8,10-12H,2-4,6-7H2,1H3/t8-,10-,11-/m1/s1. The van der Waals surface area contributed by atoms with Gasteiger partial charge in [-0.1, -0.05) is 11.6 Å². The number of methoxy groups -OCH3 is 1. The topological polar surface area (TPSA) is 44.8 Å². The van der Waals surface area contributed by atoms with Crippen LogP contribution < -0.4 is 0 Å². The lowest BCUT2D eigenvalue weighted by molar-refractivity contribution is -0.146. The molecular formula is C13H18O4. The highest BCUT2D eigenvalue weighted by Gasteiger charge is 2.44. The third kappa shape index (κ3) is 2.00. The number of carbonyl (C=O) groups excluding carboxylic acids is 1. The minimum Gasteiger partial charge on any atom is -0.469 e. The molecule has 0 aromatic rings. The van der Waals surface area contributed by atoms with Gasteiger partial charge in [-0.15, -0.1) is 0 Å². The summed E-state index contributed by atoms with van der Waals surface area (Å²) in [5.41, 5.74) is 1.42. The number of fused-ring (bicyclic) bond motifs is 2. The minimum absolute atomic E-state index is 0.0545. The molecule has 2 bridgehead atoms. The van der Waals surface area contributed by atoms with Crippen LogP contribution in [0.1, 0.15) is 19.3 Å². The Labute approximate surface area is 101 Å². The molecule has 0 unspecified atom stereocenters. The molecule has 3 aliphatic rings. The van der Waals surface area contributed by atoms with Crippen molar-refractivity contribution in [2.45, 2.75) is 25.6 Å². The molecule has 1 aliphatic heterocycles. The number of esters is 1.